The zero-order valence-corrected chi connectivity index (χ0v) is 80.6. The molecule has 10 aromatic rings. The van der Waals surface area contributed by atoms with Crippen molar-refractivity contribution in [1.29, 1.82) is 0 Å². The number of nitrogens with one attached hydrogen (secondary N) is 3. The number of H-pyrrole nitrogens is 3. The number of carbonyl (C=O) groups excluding carboxylic acids is 9. The molecular weight excluding hydrogens is 1700 g/mol. The van der Waals surface area contributed by atoms with Gasteiger partial charge in [0.25, 0.3) is 0 Å². The number of hydrogen-bond acceptors (Lipinski definition) is 32. The number of halogens is 2. The highest BCUT2D eigenvalue weighted by Crippen LogP contribution is 2.32. The van der Waals surface area contributed by atoms with Crippen LogP contribution >= 0.6 is 23.2 Å². The number of rotatable bonds is 4. The molecule has 0 atom stereocenters. The van der Waals surface area contributed by atoms with Gasteiger partial charge in [-0.2, -0.15) is 29.9 Å². The monoisotopic (exact) mass is 1820 g/mol. The number of carbonyl (C=O) groups is 9. The van der Waals surface area contributed by atoms with E-state index in [4.69, 9.17) is 85.3 Å². The first kappa shape index (κ1) is 105. The molecule has 11 heterocycles. The van der Waals surface area contributed by atoms with Crippen molar-refractivity contribution in [1.82, 2.24) is 73.9 Å². The predicted molar refractivity (Wildman–Crippen MR) is 486 cm³/mol. The summed E-state index contributed by atoms with van der Waals surface area (Å²) in [4.78, 5) is 167. The van der Waals surface area contributed by atoms with Crippen molar-refractivity contribution in [2.75, 3.05) is 25.3 Å². The summed E-state index contributed by atoms with van der Waals surface area (Å²) in [5.41, 5.74) is 2.27. The number of hydrogen-bond donors (Lipinski definition) is 4. The Labute approximate surface area is 753 Å². The maximum atomic E-state index is 12.9. The van der Waals surface area contributed by atoms with Crippen LogP contribution in [-0.2, 0) is 63.4 Å². The van der Waals surface area contributed by atoms with Gasteiger partial charge in [0.2, 0.25) is 29.7 Å². The number of amides is 8. The Morgan fingerprint density at radius 2 is 0.594 bits per heavy atom. The molecule has 1 aliphatic heterocycles. The lowest BCUT2D eigenvalue weighted by molar-refractivity contribution is 0.0404. The van der Waals surface area contributed by atoms with Crippen LogP contribution in [-0.4, -0.2) is 201 Å². The number of anilines is 5. The minimum absolute atomic E-state index is 0.0476. The standard InChI is InChI=1S/C21H29ClN4O6.C18H26N4O4.2C17H24N4O4.C6H5ClN4.C3H9B3O3/c1-19(2,3)30-16(27)25-11-10-12-13(22)23-15(24-14(12)25)26(17(28)31-20(4,5)6)18(29)32-21(7,8)9;1-11-12-9-10-21(8)13(12)20-14(19-11)22(15(23)25-17(2,3)4)16(24)26-18(5,6)7;2*1-10-11-8-9-18-12(11)20-13(19-10)21(14(22)24-16(2,3)4)15(23)25-17(5,6)7;7-4-3-1-2-9-5(3)11-6(8)10-4;1-4-7-5(2)9-6(3)8-4/h10-11H,1-9H3;9-10H,1-8H3;2*8-9H,1-7H3,(H,18,19,20);1-2H,(H3,8,9,10,11);1-3H3. The lowest BCUT2D eigenvalue weighted by Gasteiger charge is -2.27. The van der Waals surface area contributed by atoms with Crippen molar-refractivity contribution in [3.63, 3.8) is 0 Å². The van der Waals surface area contributed by atoms with Gasteiger partial charge in [0.05, 0.1) is 27.9 Å². The summed E-state index contributed by atoms with van der Waals surface area (Å²) in [5, 5.41) is 3.87. The van der Waals surface area contributed by atoms with E-state index >= 15 is 0 Å². The van der Waals surface area contributed by atoms with Crippen LogP contribution in [0.25, 0.3) is 55.2 Å². The smallest absolute Gasteiger partial charge is 0.427 e. The van der Waals surface area contributed by atoms with E-state index in [0.717, 1.165) is 31.0 Å². The van der Waals surface area contributed by atoms with Crippen molar-refractivity contribution in [3.05, 3.63) is 88.7 Å². The summed E-state index contributed by atoms with van der Waals surface area (Å²) in [6, 6.07) is 8.84. The summed E-state index contributed by atoms with van der Waals surface area (Å²) in [5.74, 6) is -0.508. The van der Waals surface area contributed by atoms with Gasteiger partial charge in [-0.1, -0.05) is 23.2 Å². The predicted octanol–water partition coefficient (Wildman–Crippen LogP) is 19.0. The minimum Gasteiger partial charge on any atom is -0.453 e. The number of nitrogens with two attached hydrogens (primary N) is 1. The Morgan fingerprint density at radius 3 is 0.906 bits per heavy atom. The molecule has 10 aromatic heterocycles. The fraction of sp³-hybridized carbons (Fsp3) is 0.524. The summed E-state index contributed by atoms with van der Waals surface area (Å²) in [6.45, 7) is 56.7. The molecule has 0 unspecified atom stereocenters. The van der Waals surface area contributed by atoms with E-state index in [-0.39, 0.29) is 55.9 Å². The van der Waals surface area contributed by atoms with Crippen molar-refractivity contribution in [2.24, 2.45) is 7.05 Å². The second-order valence-electron chi connectivity index (χ2n) is 37.6. The van der Waals surface area contributed by atoms with Crippen LogP contribution in [0.5, 0.6) is 0 Å². The maximum absolute atomic E-state index is 12.9. The van der Waals surface area contributed by atoms with Gasteiger partial charge in [0.1, 0.15) is 83.3 Å². The van der Waals surface area contributed by atoms with E-state index in [1.807, 2.05) is 51.9 Å². The number of fused-ring (bicyclic) bond motifs is 5. The van der Waals surface area contributed by atoms with Crippen molar-refractivity contribution in [2.45, 2.75) is 279 Å². The number of aromatic nitrogens is 15. The van der Waals surface area contributed by atoms with E-state index in [1.165, 1.54) is 12.3 Å². The van der Waals surface area contributed by atoms with Crippen LogP contribution in [0.1, 0.15) is 204 Å². The number of aromatic amines is 3. The van der Waals surface area contributed by atoms with Crippen LogP contribution in [0.3, 0.4) is 0 Å². The lowest BCUT2D eigenvalue weighted by atomic mass is 9.74. The van der Waals surface area contributed by atoms with Gasteiger partial charge in [-0.05, 0) is 259 Å². The second-order valence-corrected chi connectivity index (χ2v) is 38.3. The van der Waals surface area contributed by atoms with Gasteiger partial charge < -0.3 is 81.6 Å². The second kappa shape index (κ2) is 41.0. The summed E-state index contributed by atoms with van der Waals surface area (Å²) < 4.78 is 66.3. The highest BCUT2D eigenvalue weighted by molar-refractivity contribution is 6.72. The molecule has 8 amide bonds. The van der Waals surface area contributed by atoms with Gasteiger partial charge in [-0.15, -0.1) is 19.6 Å². The molecule has 46 heteroatoms. The average Bonchev–Trinajstić information content (AvgIpc) is 1.63. The number of nitrogens with zero attached hydrogens (tertiary/aromatic N) is 16. The molecule has 0 aromatic carbocycles. The Hall–Kier alpha value is -12.0. The van der Waals surface area contributed by atoms with Crippen LogP contribution in [0.4, 0.5) is 72.9 Å². The molecule has 5 N–H and O–H groups in total. The van der Waals surface area contributed by atoms with Crippen LogP contribution in [0, 0.1) is 20.8 Å². The molecule has 0 radical (unpaired) electrons. The van der Waals surface area contributed by atoms with Crippen LogP contribution in [0.2, 0.25) is 30.8 Å². The molecule has 694 valence electrons. The quantitative estimate of drug-likeness (QED) is 0.0722. The highest BCUT2D eigenvalue weighted by atomic mass is 35.5. The molecule has 128 heavy (non-hydrogen) atoms. The van der Waals surface area contributed by atoms with Gasteiger partial charge >= 0.3 is 76.2 Å². The fourth-order valence-corrected chi connectivity index (χ4v) is 11.0. The van der Waals surface area contributed by atoms with Crippen molar-refractivity contribution in [3.8, 4) is 0 Å². The number of imide groups is 4. The van der Waals surface area contributed by atoms with Crippen LogP contribution in [0.15, 0.2) is 61.3 Å². The van der Waals surface area contributed by atoms with Crippen LogP contribution < -0.4 is 25.3 Å². The molecular formula is C82H117B3Cl2N20O21. The normalized spacial score (nSPS) is 12.7. The third kappa shape index (κ3) is 32.1. The highest BCUT2D eigenvalue weighted by Gasteiger charge is 2.41. The fourth-order valence-electron chi connectivity index (χ4n) is 10.5. The SMILES string of the molecule is CB1OB(C)OB(C)O1.CC(C)(C)OC(=O)N(C(=O)OC(C)(C)C)c1nc(Cl)c2ccn(C(=O)OC(C)(C)C)c2n1.Cc1nc(N(C(=O)OC(C)(C)C)C(=O)OC(C)(C)C)nc2[nH]ccc12.Cc1nc(N(C(=O)OC(C)(C)C)C(=O)OC(C)(C)C)nc2[nH]ccc12.Cc1nc(N(C(=O)OC(C)(C)C)C(=O)OC(C)(C)C)nc2c1ccn2C.Nc1nc(Cl)c2cc[nH]c2n1. The molecule has 1 fully saturated rings. The molecule has 0 spiro atoms. The molecule has 11 rings (SSSR count). The summed E-state index contributed by atoms with van der Waals surface area (Å²) >= 11 is 12.0. The third-order valence-electron chi connectivity index (χ3n) is 15.1. The zero-order valence-electron chi connectivity index (χ0n) is 79.1. The number of ether oxygens (including phenoxy) is 9. The van der Waals surface area contributed by atoms with E-state index < -0.39 is 111 Å². The molecule has 0 aliphatic carbocycles. The van der Waals surface area contributed by atoms with E-state index in [0.29, 0.717) is 64.9 Å². The first-order valence-electron chi connectivity index (χ1n) is 40.3. The van der Waals surface area contributed by atoms with E-state index in [2.05, 4.69) is 64.8 Å². The number of aryl methyl sites for hydroxylation is 4. The largest absolute Gasteiger partial charge is 0.453 e. The lowest BCUT2D eigenvalue weighted by Crippen LogP contribution is -2.44. The topological polar surface area (TPSA) is 490 Å². The zero-order chi connectivity index (χ0) is 97.2. The Balaban J connectivity index is 0.000000245. The summed E-state index contributed by atoms with van der Waals surface area (Å²) in [7, 11) is 1.42. The average molecular weight is 1820 g/mol. The van der Waals surface area contributed by atoms with E-state index in [1.54, 1.807) is 237 Å². The van der Waals surface area contributed by atoms with E-state index in [9.17, 15) is 43.2 Å². The molecule has 1 saturated heterocycles. The van der Waals surface area contributed by atoms with Crippen molar-refractivity contribution < 1.29 is 99.5 Å². The third-order valence-corrected chi connectivity index (χ3v) is 15.7. The summed E-state index contributed by atoms with van der Waals surface area (Å²) in [6.07, 6.45) is 0.213. The minimum atomic E-state index is -1.06. The van der Waals surface area contributed by atoms with Crippen molar-refractivity contribution >= 4 is 184 Å². The molecule has 0 saturated carbocycles. The Bertz CT molecular complexity index is 5390. The molecule has 0 bridgehead atoms. The molecule has 1 aliphatic rings. The first-order chi connectivity index (χ1) is 58.4. The van der Waals surface area contributed by atoms with Gasteiger partial charge in [-0.25, -0.2) is 67.7 Å². The number of nitrogen functional groups attached to an aromatic ring is 1. The first-order valence-corrected chi connectivity index (χ1v) is 41.1. The van der Waals surface area contributed by atoms with Gasteiger partial charge in [0, 0.05) is 54.2 Å². The maximum Gasteiger partial charge on any atom is 0.427 e. The van der Waals surface area contributed by atoms with Gasteiger partial charge in [0.15, 0.2) is 5.65 Å². The Morgan fingerprint density at radius 1 is 0.336 bits per heavy atom. The Kier molecular flexibility index (Phi) is 33.5. The molecule has 41 nitrogen and oxygen atoms in total. The van der Waals surface area contributed by atoms with Gasteiger partial charge in [-0.3, -0.25) is 0 Å².